The molecular formula is C18H20N4O2. The third-order valence-corrected chi connectivity index (χ3v) is 3.25. The Kier molecular flexibility index (Phi) is 5.74. The van der Waals surface area contributed by atoms with Gasteiger partial charge < -0.3 is 14.2 Å². The molecule has 0 spiro atoms. The Hall–Kier alpha value is -3.07. The summed E-state index contributed by atoms with van der Waals surface area (Å²) in [6.07, 6.45) is 3.20. The predicted molar refractivity (Wildman–Crippen MR) is 92.5 cm³/mol. The molecule has 0 radical (unpaired) electrons. The summed E-state index contributed by atoms with van der Waals surface area (Å²) in [5.41, 5.74) is 1.98. The quantitative estimate of drug-likeness (QED) is 0.465. The minimum absolute atomic E-state index is 0.258. The topological polar surface area (TPSA) is 70.6 Å². The van der Waals surface area contributed by atoms with Crippen molar-refractivity contribution in [1.29, 1.82) is 5.26 Å². The van der Waals surface area contributed by atoms with Gasteiger partial charge in [0.25, 0.3) is 0 Å². The highest BCUT2D eigenvalue weighted by atomic mass is 16.5. The van der Waals surface area contributed by atoms with E-state index in [1.54, 1.807) is 28.9 Å². The molecule has 0 saturated carbocycles. The van der Waals surface area contributed by atoms with Crippen molar-refractivity contribution in [2.24, 2.45) is 4.99 Å². The van der Waals surface area contributed by atoms with E-state index in [0.717, 1.165) is 5.56 Å². The molecule has 0 aliphatic rings. The van der Waals surface area contributed by atoms with Gasteiger partial charge in [0.05, 0.1) is 18.5 Å². The lowest BCUT2D eigenvalue weighted by atomic mass is 10.2. The van der Waals surface area contributed by atoms with Crippen LogP contribution >= 0.6 is 0 Å². The monoisotopic (exact) mass is 324 g/mol. The fraction of sp³-hybridized carbons (Fsp3) is 0.278. The lowest BCUT2D eigenvalue weighted by Crippen LogP contribution is -2.13. The number of nitrogens with zero attached hydrogens (tertiary/aromatic N) is 4. The van der Waals surface area contributed by atoms with Gasteiger partial charge in [0.2, 0.25) is 0 Å². The molecule has 124 valence electrons. The number of carbonyl (C=O) groups excluding carboxylic acids is 1. The minimum Gasteiger partial charge on any atom is -0.461 e. The van der Waals surface area contributed by atoms with Crippen molar-refractivity contribution in [2.45, 2.75) is 13.5 Å². The number of carbonyl (C=O) groups is 1. The number of aliphatic imine (C=N–C) groups is 1. The highest BCUT2D eigenvalue weighted by Crippen LogP contribution is 2.28. The standard InChI is InChI=1S/C18H20N4O2/c1-4-24-18(23)17-16(20-13-21(2)3)15(10-19)12-22(17)11-14-8-6-5-7-9-14/h5-9,12-13H,4,11H2,1-3H3. The number of esters is 1. The van der Waals surface area contributed by atoms with Crippen molar-refractivity contribution in [3.8, 4) is 6.07 Å². The van der Waals surface area contributed by atoms with Gasteiger partial charge in [-0.2, -0.15) is 5.26 Å². The molecule has 6 nitrogen and oxygen atoms in total. The number of aromatic nitrogens is 1. The summed E-state index contributed by atoms with van der Waals surface area (Å²) in [5, 5.41) is 9.40. The first-order valence-electron chi connectivity index (χ1n) is 7.61. The van der Waals surface area contributed by atoms with Crippen molar-refractivity contribution < 1.29 is 9.53 Å². The van der Waals surface area contributed by atoms with Crippen molar-refractivity contribution in [3.63, 3.8) is 0 Å². The maximum atomic E-state index is 12.4. The average molecular weight is 324 g/mol. The molecule has 0 unspecified atom stereocenters. The zero-order valence-electron chi connectivity index (χ0n) is 14.1. The SMILES string of the molecule is CCOC(=O)c1c(N=CN(C)C)c(C#N)cn1Cc1ccccc1. The van der Waals surface area contributed by atoms with Gasteiger partial charge in [-0.3, -0.25) is 0 Å². The van der Waals surface area contributed by atoms with Crippen molar-refractivity contribution in [3.05, 3.63) is 53.3 Å². The van der Waals surface area contributed by atoms with E-state index in [1.807, 2.05) is 44.4 Å². The molecule has 0 amide bonds. The summed E-state index contributed by atoms with van der Waals surface area (Å²) in [6.45, 7) is 2.46. The van der Waals surface area contributed by atoms with Crippen molar-refractivity contribution in [1.82, 2.24) is 9.47 Å². The van der Waals surface area contributed by atoms with E-state index < -0.39 is 5.97 Å². The summed E-state index contributed by atoms with van der Waals surface area (Å²) in [5.74, 6) is -0.485. The molecule has 0 aliphatic carbocycles. The number of rotatable bonds is 6. The molecule has 0 bridgehead atoms. The first-order chi connectivity index (χ1) is 11.6. The van der Waals surface area contributed by atoms with Crippen LogP contribution in [-0.4, -0.2) is 42.5 Å². The molecule has 24 heavy (non-hydrogen) atoms. The molecule has 1 aromatic heterocycles. The molecule has 0 atom stereocenters. The molecule has 0 N–H and O–H groups in total. The highest BCUT2D eigenvalue weighted by Gasteiger charge is 2.23. The van der Waals surface area contributed by atoms with Crippen LogP contribution in [0.4, 0.5) is 5.69 Å². The molecule has 2 aromatic rings. The molecule has 1 heterocycles. The second kappa shape index (κ2) is 7.97. The molecular weight excluding hydrogens is 304 g/mol. The van der Waals surface area contributed by atoms with Gasteiger partial charge in [0.15, 0.2) is 5.69 Å². The van der Waals surface area contributed by atoms with Gasteiger partial charge in [0.1, 0.15) is 11.8 Å². The van der Waals surface area contributed by atoms with Gasteiger partial charge in [-0.25, -0.2) is 9.79 Å². The van der Waals surface area contributed by atoms with Crippen LogP contribution in [0.2, 0.25) is 0 Å². The summed E-state index contributed by atoms with van der Waals surface area (Å²) < 4.78 is 6.87. The maximum Gasteiger partial charge on any atom is 0.357 e. The normalized spacial score (nSPS) is 10.6. The molecule has 1 aromatic carbocycles. The van der Waals surface area contributed by atoms with E-state index in [4.69, 9.17) is 4.74 Å². The van der Waals surface area contributed by atoms with E-state index in [2.05, 4.69) is 11.1 Å². The second-order valence-corrected chi connectivity index (χ2v) is 5.39. The molecule has 6 heteroatoms. The van der Waals surface area contributed by atoms with Crippen LogP contribution in [0.3, 0.4) is 0 Å². The number of nitriles is 1. The molecule has 0 saturated heterocycles. The largest absolute Gasteiger partial charge is 0.461 e. The maximum absolute atomic E-state index is 12.4. The van der Waals surface area contributed by atoms with Crippen LogP contribution in [0, 0.1) is 11.3 Å². The number of ether oxygens (including phenoxy) is 1. The summed E-state index contributed by atoms with van der Waals surface area (Å²) in [4.78, 5) is 18.5. The Morgan fingerprint density at radius 3 is 2.67 bits per heavy atom. The fourth-order valence-electron chi connectivity index (χ4n) is 2.25. The third kappa shape index (κ3) is 4.02. The van der Waals surface area contributed by atoms with Crippen LogP contribution in [0.5, 0.6) is 0 Å². The number of benzene rings is 1. The summed E-state index contributed by atoms with van der Waals surface area (Å²) >= 11 is 0. The second-order valence-electron chi connectivity index (χ2n) is 5.39. The van der Waals surface area contributed by atoms with Gasteiger partial charge in [-0.15, -0.1) is 0 Å². The van der Waals surface area contributed by atoms with Gasteiger partial charge in [-0.05, 0) is 12.5 Å². The van der Waals surface area contributed by atoms with E-state index in [-0.39, 0.29) is 12.3 Å². The van der Waals surface area contributed by atoms with E-state index in [0.29, 0.717) is 17.8 Å². The minimum atomic E-state index is -0.485. The Balaban J connectivity index is 2.53. The smallest absolute Gasteiger partial charge is 0.357 e. The lowest BCUT2D eigenvalue weighted by Gasteiger charge is -2.10. The zero-order valence-corrected chi connectivity index (χ0v) is 14.1. The lowest BCUT2D eigenvalue weighted by molar-refractivity contribution is 0.0515. The van der Waals surface area contributed by atoms with Crippen LogP contribution in [0.25, 0.3) is 0 Å². The van der Waals surface area contributed by atoms with E-state index in [1.165, 1.54) is 0 Å². The van der Waals surface area contributed by atoms with Crippen LogP contribution in [0.1, 0.15) is 28.5 Å². The first-order valence-corrected chi connectivity index (χ1v) is 7.61. The van der Waals surface area contributed by atoms with Crippen molar-refractivity contribution in [2.75, 3.05) is 20.7 Å². The molecule has 0 aliphatic heterocycles. The molecule has 0 fully saturated rings. The first kappa shape index (κ1) is 17.3. The van der Waals surface area contributed by atoms with Gasteiger partial charge >= 0.3 is 5.97 Å². The van der Waals surface area contributed by atoms with Crippen LogP contribution < -0.4 is 0 Å². The van der Waals surface area contributed by atoms with Crippen LogP contribution in [0.15, 0.2) is 41.5 Å². The third-order valence-electron chi connectivity index (χ3n) is 3.25. The average Bonchev–Trinajstić information content (AvgIpc) is 2.91. The highest BCUT2D eigenvalue weighted by molar-refractivity contribution is 5.95. The van der Waals surface area contributed by atoms with E-state index >= 15 is 0 Å². The number of hydrogen-bond donors (Lipinski definition) is 0. The predicted octanol–water partition coefficient (Wildman–Crippen LogP) is 2.81. The van der Waals surface area contributed by atoms with Crippen LogP contribution in [-0.2, 0) is 11.3 Å². The summed E-state index contributed by atoms with van der Waals surface area (Å²) in [6, 6.07) is 11.8. The fourth-order valence-corrected chi connectivity index (χ4v) is 2.25. The Labute approximate surface area is 141 Å². The van der Waals surface area contributed by atoms with Crippen molar-refractivity contribution >= 4 is 18.0 Å². The summed E-state index contributed by atoms with van der Waals surface area (Å²) in [7, 11) is 3.64. The Morgan fingerprint density at radius 1 is 1.38 bits per heavy atom. The zero-order chi connectivity index (χ0) is 17.5. The van der Waals surface area contributed by atoms with Gasteiger partial charge in [0, 0.05) is 26.8 Å². The Bertz CT molecular complexity index is 770. The van der Waals surface area contributed by atoms with Gasteiger partial charge in [-0.1, -0.05) is 30.3 Å². The molecule has 2 rings (SSSR count). The van der Waals surface area contributed by atoms with E-state index in [9.17, 15) is 10.1 Å². The Morgan fingerprint density at radius 2 is 2.08 bits per heavy atom. The number of hydrogen-bond acceptors (Lipinski definition) is 4.